The fourth-order valence-electron chi connectivity index (χ4n) is 1.55. The smallest absolute Gasteiger partial charge is 0.242 e. The molecule has 0 radical (unpaired) electrons. The largest absolute Gasteiger partial charge is 0.370 e. The molecule has 8 nitrogen and oxygen atoms in total. The molecular weight excluding hydrogens is 294 g/mol. The summed E-state index contributed by atoms with van der Waals surface area (Å²) in [6.45, 7) is 4.43. The SMILES string of the molecule is CCCNc1ccc(S(=O)(=O)NCc2noc(C)n2)cn1. The van der Waals surface area contributed by atoms with E-state index in [0.29, 0.717) is 11.7 Å². The molecule has 0 spiro atoms. The van der Waals surface area contributed by atoms with Crippen molar-refractivity contribution in [1.82, 2.24) is 19.8 Å². The van der Waals surface area contributed by atoms with Crippen LogP contribution in [0.5, 0.6) is 0 Å². The maximum absolute atomic E-state index is 12.1. The van der Waals surface area contributed by atoms with E-state index in [-0.39, 0.29) is 17.3 Å². The topological polar surface area (TPSA) is 110 Å². The second kappa shape index (κ2) is 6.64. The highest BCUT2D eigenvalue weighted by Crippen LogP contribution is 2.11. The third-order valence-corrected chi connectivity index (χ3v) is 3.98. The van der Waals surface area contributed by atoms with E-state index in [1.807, 2.05) is 6.92 Å². The number of anilines is 1. The van der Waals surface area contributed by atoms with Crippen molar-refractivity contribution in [2.24, 2.45) is 0 Å². The molecule has 0 fully saturated rings. The van der Waals surface area contributed by atoms with Crippen LogP contribution in [0.15, 0.2) is 27.7 Å². The Morgan fingerprint density at radius 1 is 1.33 bits per heavy atom. The molecule has 2 heterocycles. The molecule has 0 unspecified atom stereocenters. The Labute approximate surface area is 123 Å². The first-order valence-electron chi connectivity index (χ1n) is 6.50. The van der Waals surface area contributed by atoms with Crippen LogP contribution in [-0.2, 0) is 16.6 Å². The third kappa shape index (κ3) is 4.23. The molecule has 114 valence electrons. The molecule has 0 saturated heterocycles. The average Bonchev–Trinajstić information content (AvgIpc) is 2.89. The zero-order valence-electron chi connectivity index (χ0n) is 11.8. The van der Waals surface area contributed by atoms with E-state index in [1.165, 1.54) is 12.3 Å². The van der Waals surface area contributed by atoms with E-state index in [4.69, 9.17) is 4.52 Å². The minimum absolute atomic E-state index is 0.0322. The second-order valence-electron chi connectivity index (χ2n) is 4.36. The summed E-state index contributed by atoms with van der Waals surface area (Å²) in [5.41, 5.74) is 0. The quantitative estimate of drug-likeness (QED) is 0.787. The molecule has 0 aromatic carbocycles. The maximum atomic E-state index is 12.1. The summed E-state index contributed by atoms with van der Waals surface area (Å²) >= 11 is 0. The summed E-state index contributed by atoms with van der Waals surface area (Å²) < 4.78 is 31.3. The number of hydrogen-bond donors (Lipinski definition) is 2. The number of aryl methyl sites for hydroxylation is 1. The summed E-state index contributed by atoms with van der Waals surface area (Å²) in [4.78, 5) is 8.07. The minimum Gasteiger partial charge on any atom is -0.370 e. The molecule has 0 atom stereocenters. The van der Waals surface area contributed by atoms with Gasteiger partial charge in [-0.3, -0.25) is 0 Å². The van der Waals surface area contributed by atoms with Crippen molar-refractivity contribution in [3.8, 4) is 0 Å². The van der Waals surface area contributed by atoms with Crippen molar-refractivity contribution in [3.05, 3.63) is 30.0 Å². The van der Waals surface area contributed by atoms with Crippen LogP contribution >= 0.6 is 0 Å². The lowest BCUT2D eigenvalue weighted by Crippen LogP contribution is -2.24. The molecule has 0 aliphatic carbocycles. The zero-order valence-corrected chi connectivity index (χ0v) is 12.6. The first-order chi connectivity index (χ1) is 10.0. The van der Waals surface area contributed by atoms with Gasteiger partial charge in [0, 0.05) is 19.7 Å². The fraction of sp³-hybridized carbons (Fsp3) is 0.417. The molecule has 0 aliphatic heterocycles. The average molecular weight is 311 g/mol. The maximum Gasteiger partial charge on any atom is 0.242 e. The normalized spacial score (nSPS) is 11.5. The van der Waals surface area contributed by atoms with Gasteiger partial charge in [0.25, 0.3) is 0 Å². The summed E-state index contributed by atoms with van der Waals surface area (Å²) in [6.07, 6.45) is 2.27. The van der Waals surface area contributed by atoms with Crippen LogP contribution in [0.25, 0.3) is 0 Å². The van der Waals surface area contributed by atoms with E-state index < -0.39 is 10.0 Å². The van der Waals surface area contributed by atoms with E-state index in [9.17, 15) is 8.42 Å². The molecular formula is C12H17N5O3S. The molecule has 0 bridgehead atoms. The van der Waals surface area contributed by atoms with Gasteiger partial charge >= 0.3 is 0 Å². The van der Waals surface area contributed by atoms with E-state index in [2.05, 4.69) is 25.2 Å². The first-order valence-corrected chi connectivity index (χ1v) is 7.98. The van der Waals surface area contributed by atoms with Gasteiger partial charge in [0.15, 0.2) is 5.82 Å². The number of sulfonamides is 1. The van der Waals surface area contributed by atoms with Gasteiger partial charge in [-0.15, -0.1) is 0 Å². The van der Waals surface area contributed by atoms with Crippen LogP contribution in [0, 0.1) is 6.92 Å². The Balaban J connectivity index is 2.01. The standard InChI is InChI=1S/C12H17N5O3S/c1-3-6-13-11-5-4-10(7-14-11)21(18,19)15-8-12-16-9(2)20-17-12/h4-5,7,15H,3,6,8H2,1-2H3,(H,13,14). The molecule has 2 N–H and O–H groups in total. The summed E-state index contributed by atoms with van der Waals surface area (Å²) in [5.74, 6) is 1.31. The van der Waals surface area contributed by atoms with Gasteiger partial charge in [-0.05, 0) is 18.6 Å². The van der Waals surface area contributed by atoms with Crippen LogP contribution in [0.4, 0.5) is 5.82 Å². The summed E-state index contributed by atoms with van der Waals surface area (Å²) in [6, 6.07) is 3.12. The highest BCUT2D eigenvalue weighted by Gasteiger charge is 2.15. The van der Waals surface area contributed by atoms with Crippen LogP contribution < -0.4 is 10.0 Å². The van der Waals surface area contributed by atoms with E-state index in [0.717, 1.165) is 13.0 Å². The predicted octanol–water partition coefficient (Wildman–Crippen LogP) is 1.07. The molecule has 0 saturated carbocycles. The van der Waals surface area contributed by atoms with Crippen molar-refractivity contribution < 1.29 is 12.9 Å². The Morgan fingerprint density at radius 2 is 2.14 bits per heavy atom. The molecule has 2 aromatic rings. The number of aromatic nitrogens is 3. The molecule has 0 amide bonds. The highest BCUT2D eigenvalue weighted by atomic mass is 32.2. The molecule has 0 aliphatic rings. The molecule has 2 aromatic heterocycles. The second-order valence-corrected chi connectivity index (χ2v) is 6.13. The lowest BCUT2D eigenvalue weighted by atomic mass is 10.4. The van der Waals surface area contributed by atoms with Crippen molar-refractivity contribution in [1.29, 1.82) is 0 Å². The minimum atomic E-state index is -3.65. The van der Waals surface area contributed by atoms with Crippen LogP contribution in [0.1, 0.15) is 25.1 Å². The molecule has 9 heteroatoms. The highest BCUT2D eigenvalue weighted by molar-refractivity contribution is 7.89. The monoisotopic (exact) mass is 311 g/mol. The molecule has 21 heavy (non-hydrogen) atoms. The summed E-state index contributed by atoms with van der Waals surface area (Å²) in [7, 11) is -3.65. The van der Waals surface area contributed by atoms with Crippen LogP contribution in [-0.4, -0.2) is 30.1 Å². The number of rotatable bonds is 7. The first kappa shape index (κ1) is 15.4. The van der Waals surface area contributed by atoms with Crippen molar-refractivity contribution in [2.75, 3.05) is 11.9 Å². The van der Waals surface area contributed by atoms with E-state index >= 15 is 0 Å². The van der Waals surface area contributed by atoms with Gasteiger partial charge < -0.3 is 9.84 Å². The van der Waals surface area contributed by atoms with Crippen molar-refractivity contribution in [2.45, 2.75) is 31.7 Å². The number of pyridine rings is 1. The van der Waals surface area contributed by atoms with E-state index in [1.54, 1.807) is 13.0 Å². The lowest BCUT2D eigenvalue weighted by Gasteiger charge is -2.06. The summed E-state index contributed by atoms with van der Waals surface area (Å²) in [5, 5.41) is 6.70. The van der Waals surface area contributed by atoms with Crippen LogP contribution in [0.3, 0.4) is 0 Å². The Bertz CT molecular complexity index is 681. The van der Waals surface area contributed by atoms with Gasteiger partial charge in [-0.1, -0.05) is 12.1 Å². The number of nitrogens with one attached hydrogen (secondary N) is 2. The van der Waals surface area contributed by atoms with Gasteiger partial charge in [-0.2, -0.15) is 4.98 Å². The fourth-order valence-corrected chi connectivity index (χ4v) is 2.48. The molecule has 2 rings (SSSR count). The van der Waals surface area contributed by atoms with Crippen LogP contribution in [0.2, 0.25) is 0 Å². The van der Waals surface area contributed by atoms with Gasteiger partial charge in [-0.25, -0.2) is 18.1 Å². The van der Waals surface area contributed by atoms with Gasteiger partial charge in [0.05, 0.1) is 6.54 Å². The van der Waals surface area contributed by atoms with Gasteiger partial charge in [0.2, 0.25) is 15.9 Å². The Morgan fingerprint density at radius 3 is 2.71 bits per heavy atom. The van der Waals surface area contributed by atoms with Gasteiger partial charge in [0.1, 0.15) is 10.7 Å². The number of nitrogens with zero attached hydrogens (tertiary/aromatic N) is 3. The van der Waals surface area contributed by atoms with Crippen molar-refractivity contribution >= 4 is 15.8 Å². The lowest BCUT2D eigenvalue weighted by molar-refractivity contribution is 0.387. The predicted molar refractivity (Wildman–Crippen MR) is 76.1 cm³/mol. The third-order valence-electron chi connectivity index (χ3n) is 2.59. The van der Waals surface area contributed by atoms with Crippen molar-refractivity contribution in [3.63, 3.8) is 0 Å². The zero-order chi connectivity index (χ0) is 15.3. The number of hydrogen-bond acceptors (Lipinski definition) is 7. The Hall–Kier alpha value is -2.00. The Kier molecular flexibility index (Phi) is 4.86.